The van der Waals surface area contributed by atoms with Crippen molar-refractivity contribution in [1.29, 1.82) is 0 Å². The molecule has 7 heteroatoms. The van der Waals surface area contributed by atoms with Crippen LogP contribution in [0.2, 0.25) is 0 Å². The van der Waals surface area contributed by atoms with E-state index in [2.05, 4.69) is 4.98 Å². The first kappa shape index (κ1) is 14.0. The Morgan fingerprint density at radius 1 is 1.38 bits per heavy atom. The number of aromatic nitrogens is 1. The number of carboxylic acid groups (broad SMARTS) is 1. The van der Waals surface area contributed by atoms with E-state index in [4.69, 9.17) is 5.11 Å². The molecule has 2 aromatic rings. The van der Waals surface area contributed by atoms with E-state index in [1.807, 2.05) is 19.1 Å². The molecule has 0 unspecified atom stereocenters. The van der Waals surface area contributed by atoms with Gasteiger partial charge in [0, 0.05) is 24.7 Å². The van der Waals surface area contributed by atoms with Crippen molar-refractivity contribution in [3.8, 4) is 0 Å². The maximum atomic E-state index is 12.6. The highest BCUT2D eigenvalue weighted by Crippen LogP contribution is 2.29. The average Bonchev–Trinajstić information content (AvgIpc) is 2.34. The summed E-state index contributed by atoms with van der Waals surface area (Å²) in [5.41, 5.74) is 1.37. The van der Waals surface area contributed by atoms with Gasteiger partial charge in [0.2, 0.25) is 10.0 Å². The third-order valence-electron chi connectivity index (χ3n) is 3.63. The number of pyridine rings is 1. The Morgan fingerprint density at radius 2 is 2.10 bits per heavy atom. The van der Waals surface area contributed by atoms with Crippen LogP contribution in [0.1, 0.15) is 5.56 Å². The molecule has 0 radical (unpaired) electrons. The second-order valence-electron chi connectivity index (χ2n) is 5.20. The zero-order valence-electron chi connectivity index (χ0n) is 11.4. The van der Waals surface area contributed by atoms with Crippen molar-refractivity contribution in [2.75, 3.05) is 13.1 Å². The van der Waals surface area contributed by atoms with Crippen LogP contribution in [-0.4, -0.2) is 41.9 Å². The summed E-state index contributed by atoms with van der Waals surface area (Å²) in [4.78, 5) is 15.2. The van der Waals surface area contributed by atoms with Crippen LogP contribution < -0.4 is 0 Å². The Kier molecular flexibility index (Phi) is 3.18. The number of fused-ring (bicyclic) bond motifs is 1. The molecule has 1 aromatic heterocycles. The van der Waals surface area contributed by atoms with Crippen LogP contribution in [0.15, 0.2) is 35.4 Å². The first-order valence-electron chi connectivity index (χ1n) is 6.48. The van der Waals surface area contributed by atoms with E-state index < -0.39 is 21.9 Å². The molecule has 6 nitrogen and oxygen atoms in total. The molecule has 1 aromatic carbocycles. The SMILES string of the molecule is Cc1cnc2c(S(=O)(=O)N3CC(C(=O)O)C3)cccc2c1. The van der Waals surface area contributed by atoms with Gasteiger partial charge in [-0.05, 0) is 24.6 Å². The quantitative estimate of drug-likeness (QED) is 0.922. The number of carbonyl (C=O) groups is 1. The van der Waals surface area contributed by atoms with Crippen molar-refractivity contribution in [2.45, 2.75) is 11.8 Å². The Labute approximate surface area is 122 Å². The summed E-state index contributed by atoms with van der Waals surface area (Å²) in [5.74, 6) is -1.59. The lowest BCUT2D eigenvalue weighted by Gasteiger charge is -2.35. The summed E-state index contributed by atoms with van der Waals surface area (Å²) in [6.07, 6.45) is 1.62. The van der Waals surface area contributed by atoms with Gasteiger partial charge in [0.15, 0.2) is 0 Å². The number of benzene rings is 1. The van der Waals surface area contributed by atoms with Crippen molar-refractivity contribution >= 4 is 26.9 Å². The minimum absolute atomic E-state index is 0.0138. The summed E-state index contributed by atoms with van der Waals surface area (Å²) in [5, 5.41) is 9.61. The van der Waals surface area contributed by atoms with Gasteiger partial charge < -0.3 is 5.11 Å². The molecule has 1 fully saturated rings. The fraction of sp³-hybridized carbons (Fsp3) is 0.286. The second-order valence-corrected chi connectivity index (χ2v) is 7.10. The van der Waals surface area contributed by atoms with Gasteiger partial charge in [-0.2, -0.15) is 4.31 Å². The van der Waals surface area contributed by atoms with E-state index >= 15 is 0 Å². The smallest absolute Gasteiger partial charge is 0.309 e. The maximum absolute atomic E-state index is 12.6. The summed E-state index contributed by atoms with van der Waals surface area (Å²) in [6.45, 7) is 1.92. The van der Waals surface area contributed by atoms with E-state index in [1.165, 1.54) is 10.4 Å². The van der Waals surface area contributed by atoms with Crippen molar-refractivity contribution in [1.82, 2.24) is 9.29 Å². The first-order chi connectivity index (χ1) is 9.89. The predicted octanol–water partition coefficient (Wildman–Crippen LogP) is 1.25. The van der Waals surface area contributed by atoms with E-state index in [0.717, 1.165) is 10.9 Å². The standard InChI is InChI=1S/C14H14N2O4S/c1-9-5-10-3-2-4-12(13(10)15-6-9)21(19,20)16-7-11(8-16)14(17)18/h2-6,11H,7-8H2,1H3,(H,17,18). The molecule has 1 aliphatic rings. The van der Waals surface area contributed by atoms with Crippen LogP contribution in [0.5, 0.6) is 0 Å². The summed E-state index contributed by atoms with van der Waals surface area (Å²) in [7, 11) is -3.70. The fourth-order valence-corrected chi connectivity index (χ4v) is 4.08. The molecular weight excluding hydrogens is 292 g/mol. The number of rotatable bonds is 3. The highest BCUT2D eigenvalue weighted by molar-refractivity contribution is 7.89. The van der Waals surface area contributed by atoms with Gasteiger partial charge >= 0.3 is 5.97 Å². The number of aryl methyl sites for hydroxylation is 1. The number of aliphatic carboxylic acids is 1. The number of hydrogen-bond donors (Lipinski definition) is 1. The lowest BCUT2D eigenvalue weighted by molar-refractivity contribution is -0.145. The summed E-state index contributed by atoms with van der Waals surface area (Å²) in [6, 6.07) is 6.86. The van der Waals surface area contributed by atoms with Gasteiger partial charge in [0.05, 0.1) is 11.4 Å². The zero-order chi connectivity index (χ0) is 15.2. The minimum Gasteiger partial charge on any atom is -0.481 e. The third-order valence-corrected chi connectivity index (χ3v) is 5.49. The number of para-hydroxylation sites is 1. The van der Waals surface area contributed by atoms with Crippen molar-refractivity contribution in [3.05, 3.63) is 36.0 Å². The topological polar surface area (TPSA) is 87.6 Å². The van der Waals surface area contributed by atoms with Crippen molar-refractivity contribution < 1.29 is 18.3 Å². The number of carboxylic acids is 1. The molecule has 3 rings (SSSR count). The fourth-order valence-electron chi connectivity index (χ4n) is 2.38. The lowest BCUT2D eigenvalue weighted by Crippen LogP contribution is -2.52. The molecule has 0 aliphatic carbocycles. The molecule has 0 amide bonds. The van der Waals surface area contributed by atoms with Crippen LogP contribution in [0.3, 0.4) is 0 Å². The van der Waals surface area contributed by atoms with Crippen LogP contribution >= 0.6 is 0 Å². The Balaban J connectivity index is 2.02. The molecule has 0 spiro atoms. The third kappa shape index (κ3) is 2.28. The molecule has 0 saturated carbocycles. The van der Waals surface area contributed by atoms with Gasteiger partial charge in [0.25, 0.3) is 0 Å². The van der Waals surface area contributed by atoms with Gasteiger partial charge in [-0.1, -0.05) is 12.1 Å². The van der Waals surface area contributed by atoms with E-state index in [9.17, 15) is 13.2 Å². The molecule has 0 atom stereocenters. The van der Waals surface area contributed by atoms with Crippen molar-refractivity contribution in [3.63, 3.8) is 0 Å². The zero-order valence-corrected chi connectivity index (χ0v) is 12.2. The van der Waals surface area contributed by atoms with Gasteiger partial charge in [0.1, 0.15) is 4.90 Å². The van der Waals surface area contributed by atoms with Gasteiger partial charge in [-0.3, -0.25) is 9.78 Å². The molecule has 0 bridgehead atoms. The molecule has 1 aliphatic heterocycles. The summed E-state index contributed by atoms with van der Waals surface area (Å²) < 4.78 is 26.3. The van der Waals surface area contributed by atoms with Gasteiger partial charge in [-0.25, -0.2) is 8.42 Å². The second kappa shape index (κ2) is 4.78. The summed E-state index contributed by atoms with van der Waals surface area (Å²) >= 11 is 0. The van der Waals surface area contributed by atoms with E-state index in [-0.39, 0.29) is 18.0 Å². The molecule has 1 saturated heterocycles. The first-order valence-corrected chi connectivity index (χ1v) is 7.92. The largest absolute Gasteiger partial charge is 0.481 e. The molecule has 110 valence electrons. The Hall–Kier alpha value is -1.99. The molecule has 2 heterocycles. The molecular formula is C14H14N2O4S. The predicted molar refractivity (Wildman–Crippen MR) is 76.4 cm³/mol. The normalized spacial score (nSPS) is 16.8. The number of sulfonamides is 1. The number of hydrogen-bond acceptors (Lipinski definition) is 4. The monoisotopic (exact) mass is 306 g/mol. The molecule has 21 heavy (non-hydrogen) atoms. The number of nitrogens with zero attached hydrogens (tertiary/aromatic N) is 2. The van der Waals surface area contributed by atoms with Gasteiger partial charge in [-0.15, -0.1) is 0 Å². The van der Waals surface area contributed by atoms with Crippen LogP contribution in [0.4, 0.5) is 0 Å². The molecule has 1 N–H and O–H groups in total. The van der Waals surface area contributed by atoms with Crippen LogP contribution in [0, 0.1) is 12.8 Å². The Morgan fingerprint density at radius 3 is 2.76 bits per heavy atom. The minimum atomic E-state index is -3.70. The highest BCUT2D eigenvalue weighted by atomic mass is 32.2. The van der Waals surface area contributed by atoms with E-state index in [1.54, 1.807) is 12.3 Å². The maximum Gasteiger partial charge on any atom is 0.309 e. The highest BCUT2D eigenvalue weighted by Gasteiger charge is 2.41. The van der Waals surface area contributed by atoms with Crippen molar-refractivity contribution in [2.24, 2.45) is 5.92 Å². The Bertz CT molecular complexity index is 826. The van der Waals surface area contributed by atoms with E-state index in [0.29, 0.717) is 5.52 Å². The van der Waals surface area contributed by atoms with Crippen LogP contribution in [-0.2, 0) is 14.8 Å². The van der Waals surface area contributed by atoms with Crippen LogP contribution in [0.25, 0.3) is 10.9 Å². The lowest BCUT2D eigenvalue weighted by atomic mass is 10.0. The average molecular weight is 306 g/mol.